The van der Waals surface area contributed by atoms with Gasteiger partial charge in [0.2, 0.25) is 0 Å². The molecule has 0 radical (unpaired) electrons. The highest BCUT2D eigenvalue weighted by molar-refractivity contribution is 5.92. The number of rotatable bonds is 6. The van der Waals surface area contributed by atoms with Gasteiger partial charge in [0.15, 0.2) is 6.61 Å². The van der Waals surface area contributed by atoms with Crippen molar-refractivity contribution in [3.63, 3.8) is 0 Å². The fourth-order valence-electron chi connectivity index (χ4n) is 2.14. The van der Waals surface area contributed by atoms with E-state index in [-0.39, 0.29) is 24.9 Å². The lowest BCUT2D eigenvalue weighted by atomic mass is 10.1. The Morgan fingerprint density at radius 3 is 2.43 bits per heavy atom. The largest absolute Gasteiger partial charge is 0.456 e. The average Bonchev–Trinajstić information content (AvgIpc) is 2.52. The van der Waals surface area contributed by atoms with Gasteiger partial charge in [-0.25, -0.2) is 0 Å². The molecule has 23 heavy (non-hydrogen) atoms. The quantitative estimate of drug-likeness (QED) is 0.832. The van der Waals surface area contributed by atoms with Crippen molar-refractivity contribution >= 4 is 17.6 Å². The summed E-state index contributed by atoms with van der Waals surface area (Å²) in [5.74, 6) is -0.704. The smallest absolute Gasteiger partial charge is 0.306 e. The lowest BCUT2D eigenvalue weighted by Gasteiger charge is -2.07. The van der Waals surface area contributed by atoms with Crippen LogP contribution in [0.4, 0.5) is 5.69 Å². The summed E-state index contributed by atoms with van der Waals surface area (Å²) in [5.41, 5.74) is 4.02. The predicted molar refractivity (Wildman–Crippen MR) is 90.3 cm³/mol. The van der Waals surface area contributed by atoms with Gasteiger partial charge in [-0.15, -0.1) is 0 Å². The summed E-state index contributed by atoms with van der Waals surface area (Å²) < 4.78 is 5.00. The zero-order chi connectivity index (χ0) is 16.7. The first kappa shape index (κ1) is 16.7. The Hall–Kier alpha value is -2.62. The second-order valence-electron chi connectivity index (χ2n) is 5.56. The molecule has 4 nitrogen and oxygen atoms in total. The molecule has 0 fully saturated rings. The Kier molecular flexibility index (Phi) is 5.92. The van der Waals surface area contributed by atoms with Gasteiger partial charge < -0.3 is 10.1 Å². The van der Waals surface area contributed by atoms with E-state index in [1.54, 1.807) is 6.07 Å². The number of hydrogen-bond donors (Lipinski definition) is 1. The van der Waals surface area contributed by atoms with Crippen LogP contribution in [0.2, 0.25) is 0 Å². The average molecular weight is 311 g/mol. The minimum Gasteiger partial charge on any atom is -0.456 e. The lowest BCUT2D eigenvalue weighted by molar-refractivity contribution is -0.147. The van der Waals surface area contributed by atoms with Crippen LogP contribution in [0.15, 0.2) is 48.5 Å². The van der Waals surface area contributed by atoms with E-state index in [9.17, 15) is 9.59 Å². The zero-order valence-electron chi connectivity index (χ0n) is 13.5. The monoisotopic (exact) mass is 311 g/mol. The van der Waals surface area contributed by atoms with Crippen molar-refractivity contribution in [1.29, 1.82) is 0 Å². The number of esters is 1. The molecule has 2 rings (SSSR count). The summed E-state index contributed by atoms with van der Waals surface area (Å²) in [6.07, 6.45) is 0.874. The third kappa shape index (κ3) is 5.94. The Bertz CT molecular complexity index is 677. The molecule has 0 saturated heterocycles. The number of nitrogens with one attached hydrogen (secondary N) is 1. The number of carbonyl (C=O) groups excluding carboxylic acids is 2. The highest BCUT2D eigenvalue weighted by Crippen LogP contribution is 2.09. The molecule has 120 valence electrons. The van der Waals surface area contributed by atoms with Crippen molar-refractivity contribution in [2.75, 3.05) is 11.9 Å². The van der Waals surface area contributed by atoms with Gasteiger partial charge in [-0.3, -0.25) is 9.59 Å². The van der Waals surface area contributed by atoms with Crippen molar-refractivity contribution in [3.05, 3.63) is 65.2 Å². The van der Waals surface area contributed by atoms with Crippen LogP contribution < -0.4 is 5.32 Å². The number of benzene rings is 2. The van der Waals surface area contributed by atoms with Gasteiger partial charge >= 0.3 is 5.97 Å². The first-order valence-corrected chi connectivity index (χ1v) is 7.60. The third-order valence-electron chi connectivity index (χ3n) is 3.40. The summed E-state index contributed by atoms with van der Waals surface area (Å²) >= 11 is 0. The molecule has 0 aliphatic heterocycles. The fourth-order valence-corrected chi connectivity index (χ4v) is 2.14. The maximum atomic E-state index is 11.8. The van der Waals surface area contributed by atoms with Gasteiger partial charge in [-0.05, 0) is 43.5 Å². The molecule has 0 heterocycles. The third-order valence-corrected chi connectivity index (χ3v) is 3.40. The van der Waals surface area contributed by atoms with Gasteiger partial charge in [0, 0.05) is 12.1 Å². The zero-order valence-corrected chi connectivity index (χ0v) is 13.5. The van der Waals surface area contributed by atoms with E-state index >= 15 is 0 Å². The van der Waals surface area contributed by atoms with E-state index in [2.05, 4.69) is 5.32 Å². The fraction of sp³-hybridized carbons (Fsp3) is 0.263. The SMILES string of the molecule is Cc1ccc(CCC(=O)OCC(=O)Nc2cccc(C)c2)cc1. The van der Waals surface area contributed by atoms with Crippen molar-refractivity contribution in [1.82, 2.24) is 0 Å². The van der Waals surface area contributed by atoms with Gasteiger partial charge in [-0.2, -0.15) is 0 Å². The van der Waals surface area contributed by atoms with E-state index in [0.29, 0.717) is 12.1 Å². The Morgan fingerprint density at radius 2 is 1.74 bits per heavy atom. The highest BCUT2D eigenvalue weighted by atomic mass is 16.5. The first-order valence-electron chi connectivity index (χ1n) is 7.60. The minimum absolute atomic E-state index is 0.263. The van der Waals surface area contributed by atoms with E-state index in [0.717, 1.165) is 11.1 Å². The van der Waals surface area contributed by atoms with Crippen LogP contribution in [0.3, 0.4) is 0 Å². The van der Waals surface area contributed by atoms with Crippen LogP contribution in [-0.4, -0.2) is 18.5 Å². The molecule has 0 bridgehead atoms. The summed E-state index contributed by atoms with van der Waals surface area (Å²) in [4.78, 5) is 23.4. The molecule has 0 aliphatic rings. The normalized spacial score (nSPS) is 10.2. The summed E-state index contributed by atoms with van der Waals surface area (Å²) in [7, 11) is 0. The van der Waals surface area contributed by atoms with Crippen molar-refractivity contribution in [3.8, 4) is 0 Å². The number of aryl methyl sites for hydroxylation is 3. The molecule has 2 aromatic rings. The number of hydrogen-bond acceptors (Lipinski definition) is 3. The molecule has 4 heteroatoms. The number of ether oxygens (including phenoxy) is 1. The predicted octanol–water partition coefficient (Wildman–Crippen LogP) is 3.42. The van der Waals surface area contributed by atoms with E-state index in [4.69, 9.17) is 4.74 Å². The highest BCUT2D eigenvalue weighted by Gasteiger charge is 2.08. The maximum Gasteiger partial charge on any atom is 0.306 e. The Labute approximate surface area is 136 Å². The Balaban J connectivity index is 1.71. The van der Waals surface area contributed by atoms with Crippen molar-refractivity contribution in [2.24, 2.45) is 0 Å². The second kappa shape index (κ2) is 8.13. The first-order chi connectivity index (χ1) is 11.0. The molecular formula is C19H21NO3. The van der Waals surface area contributed by atoms with Crippen LogP contribution in [-0.2, 0) is 20.7 Å². The van der Waals surface area contributed by atoms with E-state index in [1.165, 1.54) is 5.56 Å². The van der Waals surface area contributed by atoms with Crippen LogP contribution in [0.1, 0.15) is 23.1 Å². The standard InChI is InChI=1S/C19H21NO3/c1-14-6-8-16(9-7-14)10-11-19(22)23-13-18(21)20-17-5-3-4-15(2)12-17/h3-9,12H,10-11,13H2,1-2H3,(H,20,21). The Morgan fingerprint density at radius 1 is 1.00 bits per heavy atom. The summed E-state index contributed by atoms with van der Waals surface area (Å²) in [6.45, 7) is 3.70. The minimum atomic E-state index is -0.370. The van der Waals surface area contributed by atoms with Gasteiger partial charge in [-0.1, -0.05) is 42.0 Å². The summed E-state index contributed by atoms with van der Waals surface area (Å²) in [5, 5.41) is 2.70. The van der Waals surface area contributed by atoms with E-state index < -0.39 is 0 Å². The number of carbonyl (C=O) groups is 2. The molecule has 0 aromatic heterocycles. The van der Waals surface area contributed by atoms with Gasteiger partial charge in [0.25, 0.3) is 5.91 Å². The molecule has 2 aromatic carbocycles. The van der Waals surface area contributed by atoms with Gasteiger partial charge in [0.1, 0.15) is 0 Å². The molecule has 0 aliphatic carbocycles. The molecular weight excluding hydrogens is 290 g/mol. The molecule has 1 N–H and O–H groups in total. The number of amides is 1. The molecule has 0 atom stereocenters. The number of anilines is 1. The topological polar surface area (TPSA) is 55.4 Å². The lowest BCUT2D eigenvalue weighted by Crippen LogP contribution is -2.21. The maximum absolute atomic E-state index is 11.8. The summed E-state index contributed by atoms with van der Waals surface area (Å²) in [6, 6.07) is 15.5. The van der Waals surface area contributed by atoms with Crippen LogP contribution >= 0.6 is 0 Å². The molecule has 0 saturated carbocycles. The van der Waals surface area contributed by atoms with Crippen molar-refractivity contribution in [2.45, 2.75) is 26.7 Å². The van der Waals surface area contributed by atoms with Crippen LogP contribution in [0, 0.1) is 13.8 Å². The van der Waals surface area contributed by atoms with Gasteiger partial charge in [0.05, 0.1) is 0 Å². The second-order valence-corrected chi connectivity index (χ2v) is 5.56. The molecule has 0 unspecified atom stereocenters. The van der Waals surface area contributed by atoms with Crippen molar-refractivity contribution < 1.29 is 14.3 Å². The molecule has 0 spiro atoms. The molecule has 1 amide bonds. The van der Waals surface area contributed by atoms with Crippen LogP contribution in [0.25, 0.3) is 0 Å². The van der Waals surface area contributed by atoms with Crippen LogP contribution in [0.5, 0.6) is 0 Å². The van der Waals surface area contributed by atoms with E-state index in [1.807, 2.05) is 56.3 Å².